The Labute approximate surface area is 191 Å². The summed E-state index contributed by atoms with van der Waals surface area (Å²) >= 11 is 0. The summed E-state index contributed by atoms with van der Waals surface area (Å²) < 4.78 is 0. The van der Waals surface area contributed by atoms with Gasteiger partial charge in [-0.2, -0.15) is 0 Å². The number of nitrogens with one attached hydrogen (secondary N) is 2. The second-order valence-electron chi connectivity index (χ2n) is 8.23. The molecule has 5 nitrogen and oxygen atoms in total. The van der Waals surface area contributed by atoms with Crippen LogP contribution in [-0.2, 0) is 4.79 Å². The van der Waals surface area contributed by atoms with Crippen molar-refractivity contribution in [3.8, 4) is 0 Å². The van der Waals surface area contributed by atoms with Gasteiger partial charge in [-0.25, -0.2) is 0 Å². The van der Waals surface area contributed by atoms with Crippen molar-refractivity contribution in [3.05, 3.63) is 96.1 Å². The lowest BCUT2D eigenvalue weighted by Crippen LogP contribution is -2.48. The minimum Gasteiger partial charge on any atom is -0.388 e. The molecule has 1 aliphatic heterocycles. The monoisotopic (exact) mass is 428 g/mol. The van der Waals surface area contributed by atoms with Crippen molar-refractivity contribution in [1.82, 2.24) is 9.80 Å². The number of piperazine rings is 1. The third-order valence-corrected chi connectivity index (χ3v) is 6.09. The van der Waals surface area contributed by atoms with E-state index in [9.17, 15) is 4.79 Å². The first-order valence-electron chi connectivity index (χ1n) is 11.4. The molecule has 2 N–H and O–H groups in total. The molecule has 1 heterocycles. The maximum absolute atomic E-state index is 12.4. The van der Waals surface area contributed by atoms with Crippen molar-refractivity contribution in [2.24, 2.45) is 0 Å². The molecular weight excluding hydrogens is 396 g/mol. The van der Waals surface area contributed by atoms with Crippen molar-refractivity contribution >= 4 is 17.3 Å². The zero-order valence-corrected chi connectivity index (χ0v) is 18.7. The molecular formula is C27H32N4O. The van der Waals surface area contributed by atoms with Gasteiger partial charge >= 0.3 is 0 Å². The van der Waals surface area contributed by atoms with Crippen LogP contribution in [0.4, 0.5) is 11.4 Å². The van der Waals surface area contributed by atoms with E-state index in [2.05, 4.69) is 81.1 Å². The van der Waals surface area contributed by atoms with Crippen molar-refractivity contribution in [2.75, 3.05) is 50.4 Å². The predicted octanol–water partition coefficient (Wildman–Crippen LogP) is 4.46. The van der Waals surface area contributed by atoms with Crippen molar-refractivity contribution in [2.45, 2.75) is 12.5 Å². The van der Waals surface area contributed by atoms with Crippen molar-refractivity contribution < 1.29 is 4.79 Å². The van der Waals surface area contributed by atoms with E-state index in [1.807, 2.05) is 31.3 Å². The summed E-state index contributed by atoms with van der Waals surface area (Å²) in [6, 6.07) is 29.6. The fourth-order valence-corrected chi connectivity index (χ4v) is 4.37. The van der Waals surface area contributed by atoms with E-state index in [1.54, 1.807) is 0 Å². The molecule has 0 bridgehead atoms. The molecule has 0 radical (unpaired) electrons. The Hall–Kier alpha value is -3.15. The van der Waals surface area contributed by atoms with Gasteiger partial charge in [0.25, 0.3) is 0 Å². The highest BCUT2D eigenvalue weighted by molar-refractivity contribution is 5.91. The molecule has 0 atom stereocenters. The number of rotatable bonds is 8. The summed E-state index contributed by atoms with van der Waals surface area (Å²) in [5.41, 5.74) is 4.48. The molecule has 0 unspecified atom stereocenters. The summed E-state index contributed by atoms with van der Waals surface area (Å²) in [6.07, 6.45) is 0.505. The average Bonchev–Trinajstić information content (AvgIpc) is 2.85. The van der Waals surface area contributed by atoms with Crippen LogP contribution < -0.4 is 10.6 Å². The Morgan fingerprint density at radius 2 is 1.41 bits per heavy atom. The highest BCUT2D eigenvalue weighted by atomic mass is 16.1. The third kappa shape index (κ3) is 5.75. The van der Waals surface area contributed by atoms with Crippen LogP contribution in [0.15, 0.2) is 84.9 Å². The van der Waals surface area contributed by atoms with E-state index in [0.717, 1.165) is 44.1 Å². The zero-order chi connectivity index (χ0) is 22.2. The smallest absolute Gasteiger partial charge is 0.225 e. The van der Waals surface area contributed by atoms with Crippen LogP contribution in [0.1, 0.15) is 23.6 Å². The number of nitrogens with zero attached hydrogens (tertiary/aromatic N) is 2. The van der Waals surface area contributed by atoms with Gasteiger partial charge in [-0.3, -0.25) is 9.69 Å². The largest absolute Gasteiger partial charge is 0.388 e. The highest BCUT2D eigenvalue weighted by Crippen LogP contribution is 2.29. The highest BCUT2D eigenvalue weighted by Gasteiger charge is 2.26. The van der Waals surface area contributed by atoms with Gasteiger partial charge in [0.1, 0.15) is 0 Å². The number of hydrogen-bond acceptors (Lipinski definition) is 4. The Morgan fingerprint density at radius 3 is 2.00 bits per heavy atom. The first-order valence-corrected chi connectivity index (χ1v) is 11.4. The summed E-state index contributed by atoms with van der Waals surface area (Å²) in [5, 5.41) is 6.11. The van der Waals surface area contributed by atoms with Crippen LogP contribution in [0, 0.1) is 0 Å². The molecule has 5 heteroatoms. The molecule has 0 spiro atoms. The Kier molecular flexibility index (Phi) is 7.54. The maximum atomic E-state index is 12.4. The molecule has 3 aromatic rings. The second-order valence-corrected chi connectivity index (χ2v) is 8.23. The minimum atomic E-state index is 0.0622. The molecule has 3 aromatic carbocycles. The predicted molar refractivity (Wildman–Crippen MR) is 132 cm³/mol. The first-order chi connectivity index (χ1) is 15.7. The minimum absolute atomic E-state index is 0.0622. The van der Waals surface area contributed by atoms with E-state index in [-0.39, 0.29) is 11.9 Å². The molecule has 1 saturated heterocycles. The normalized spacial score (nSPS) is 14.9. The van der Waals surface area contributed by atoms with Crippen LogP contribution in [-0.4, -0.2) is 55.5 Å². The SMILES string of the molecule is CNc1cccc(NC(=O)CCN2CCN(C(c3ccccc3)c3ccccc3)CC2)c1. The Balaban J connectivity index is 1.31. The molecule has 166 valence electrons. The zero-order valence-electron chi connectivity index (χ0n) is 18.7. The Morgan fingerprint density at radius 1 is 0.812 bits per heavy atom. The summed E-state index contributed by atoms with van der Waals surface area (Å²) in [5.74, 6) is 0.0622. The average molecular weight is 429 g/mol. The number of carbonyl (C=O) groups is 1. The number of benzene rings is 3. The number of hydrogen-bond donors (Lipinski definition) is 2. The molecule has 0 aliphatic carbocycles. The van der Waals surface area contributed by atoms with Crippen LogP contribution >= 0.6 is 0 Å². The fourth-order valence-electron chi connectivity index (χ4n) is 4.37. The number of anilines is 2. The first kappa shape index (κ1) is 22.1. The van der Waals surface area contributed by atoms with Gasteiger partial charge in [-0.05, 0) is 29.3 Å². The third-order valence-electron chi connectivity index (χ3n) is 6.09. The van der Waals surface area contributed by atoms with Gasteiger partial charge in [0.05, 0.1) is 6.04 Å². The number of amides is 1. The van der Waals surface area contributed by atoms with Gasteiger partial charge in [-0.1, -0.05) is 66.7 Å². The van der Waals surface area contributed by atoms with E-state index in [0.29, 0.717) is 6.42 Å². The maximum Gasteiger partial charge on any atom is 0.225 e. The molecule has 0 saturated carbocycles. The van der Waals surface area contributed by atoms with E-state index < -0.39 is 0 Å². The summed E-state index contributed by atoms with van der Waals surface area (Å²) in [7, 11) is 1.88. The molecule has 1 fully saturated rings. The van der Waals surface area contributed by atoms with Gasteiger partial charge in [0, 0.05) is 57.6 Å². The molecule has 4 rings (SSSR count). The van der Waals surface area contributed by atoms with Gasteiger partial charge in [0.2, 0.25) is 5.91 Å². The van der Waals surface area contributed by atoms with Crippen LogP contribution in [0.5, 0.6) is 0 Å². The Bertz CT molecular complexity index is 945. The van der Waals surface area contributed by atoms with Crippen LogP contribution in [0.3, 0.4) is 0 Å². The van der Waals surface area contributed by atoms with Crippen molar-refractivity contribution in [3.63, 3.8) is 0 Å². The summed E-state index contributed by atoms with van der Waals surface area (Å²) in [4.78, 5) is 17.4. The topological polar surface area (TPSA) is 47.6 Å². The quantitative estimate of drug-likeness (QED) is 0.556. The van der Waals surface area contributed by atoms with Crippen LogP contribution in [0.2, 0.25) is 0 Å². The molecule has 1 amide bonds. The molecule has 0 aromatic heterocycles. The van der Waals surface area contributed by atoms with E-state index in [1.165, 1.54) is 11.1 Å². The fraction of sp³-hybridized carbons (Fsp3) is 0.296. The summed E-state index contributed by atoms with van der Waals surface area (Å²) in [6.45, 7) is 4.70. The standard InChI is InChI=1S/C27H32N4O/c1-28-24-13-8-14-25(21-24)29-26(32)15-16-30-17-19-31(20-18-30)27(22-9-4-2-5-10-22)23-11-6-3-7-12-23/h2-14,21,27-28H,15-20H2,1H3,(H,29,32). The van der Waals surface area contributed by atoms with Gasteiger partial charge in [-0.15, -0.1) is 0 Å². The molecule has 32 heavy (non-hydrogen) atoms. The van der Waals surface area contributed by atoms with Crippen molar-refractivity contribution in [1.29, 1.82) is 0 Å². The second kappa shape index (κ2) is 10.9. The van der Waals surface area contributed by atoms with Crippen LogP contribution in [0.25, 0.3) is 0 Å². The van der Waals surface area contributed by atoms with E-state index >= 15 is 0 Å². The lowest BCUT2D eigenvalue weighted by Gasteiger charge is -2.39. The molecule has 1 aliphatic rings. The number of carbonyl (C=O) groups excluding carboxylic acids is 1. The lowest BCUT2D eigenvalue weighted by molar-refractivity contribution is -0.116. The lowest BCUT2D eigenvalue weighted by atomic mass is 9.96. The van der Waals surface area contributed by atoms with E-state index in [4.69, 9.17) is 0 Å². The van der Waals surface area contributed by atoms with Gasteiger partial charge < -0.3 is 15.5 Å². The van der Waals surface area contributed by atoms with Gasteiger partial charge in [0.15, 0.2) is 0 Å².